The minimum Gasteiger partial charge on any atom is -0.485 e. The maximum atomic E-state index is 13.6. The Balaban J connectivity index is 1.04. The number of nitrogens with zero attached hydrogens (tertiary/aromatic N) is 2. The Morgan fingerprint density at radius 3 is 2.86 bits per heavy atom. The van der Waals surface area contributed by atoms with Gasteiger partial charge in [0.1, 0.15) is 17.3 Å². The topological polar surface area (TPSA) is 107 Å². The van der Waals surface area contributed by atoms with Gasteiger partial charge in [-0.05, 0) is 50.5 Å². The van der Waals surface area contributed by atoms with Crippen molar-refractivity contribution < 1.29 is 28.3 Å². The molecule has 2 heterocycles. The van der Waals surface area contributed by atoms with Crippen LogP contribution in [0.3, 0.4) is 0 Å². The van der Waals surface area contributed by atoms with Crippen molar-refractivity contribution >= 4 is 17.5 Å². The predicted octanol–water partition coefficient (Wildman–Crippen LogP) is 3.92. The molecule has 0 radical (unpaired) electrons. The number of aliphatic hydroxyl groups is 1. The zero-order valence-electron chi connectivity index (χ0n) is 18.9. The van der Waals surface area contributed by atoms with Crippen molar-refractivity contribution in [3.63, 3.8) is 0 Å². The third kappa shape index (κ3) is 3.83. The summed E-state index contributed by atoms with van der Waals surface area (Å²) >= 11 is 5.68. The largest absolute Gasteiger partial charge is 0.485 e. The van der Waals surface area contributed by atoms with Crippen LogP contribution in [0.15, 0.2) is 40.9 Å². The number of benzene rings is 2. The summed E-state index contributed by atoms with van der Waals surface area (Å²) in [4.78, 5) is 17.4. The number of ether oxygens (including phenoxy) is 2. The number of nitrogens with one attached hydrogen (secondary N) is 1. The number of fused-ring (bicyclic) bond motifs is 1. The fourth-order valence-electron chi connectivity index (χ4n) is 5.46. The third-order valence-electron chi connectivity index (χ3n) is 7.12. The lowest BCUT2D eigenvalue weighted by Gasteiger charge is -2.68. The zero-order valence-corrected chi connectivity index (χ0v) is 19.6. The van der Waals surface area contributed by atoms with E-state index in [1.54, 1.807) is 12.1 Å². The molecule has 35 heavy (non-hydrogen) atoms. The van der Waals surface area contributed by atoms with Crippen LogP contribution in [-0.2, 0) is 16.8 Å². The molecule has 7 rings (SSSR count). The fraction of sp³-hybridized carbons (Fsp3) is 0.400. The molecule has 1 aliphatic heterocycles. The van der Waals surface area contributed by atoms with E-state index in [4.69, 9.17) is 25.6 Å². The molecule has 0 saturated heterocycles. The van der Waals surface area contributed by atoms with Gasteiger partial charge in [0.25, 0.3) is 5.91 Å². The average molecular weight is 500 g/mol. The maximum absolute atomic E-state index is 13.6. The van der Waals surface area contributed by atoms with Gasteiger partial charge in [-0.2, -0.15) is 4.98 Å². The molecule has 3 aliphatic carbocycles. The van der Waals surface area contributed by atoms with Gasteiger partial charge in [-0.15, -0.1) is 0 Å². The average Bonchev–Trinajstić information content (AvgIpc) is 3.25. The highest BCUT2D eigenvalue weighted by Crippen LogP contribution is 2.67. The first kappa shape index (κ1) is 22.3. The van der Waals surface area contributed by atoms with Gasteiger partial charge in [0.2, 0.25) is 11.7 Å². The SMILES string of the molecule is Cc1ccc2c(c1)[C@H](O)C[C@H](C(=O)NC13CC(c4nc(COc5ccc(Cl)c(F)c5)no4)(C1)C3)O2. The molecule has 1 aromatic heterocycles. The second-order valence-electron chi connectivity index (χ2n) is 9.86. The summed E-state index contributed by atoms with van der Waals surface area (Å²) in [6, 6.07) is 9.76. The Kier molecular flexibility index (Phi) is 5.05. The van der Waals surface area contributed by atoms with Gasteiger partial charge in [0.15, 0.2) is 12.7 Å². The van der Waals surface area contributed by atoms with E-state index in [0.717, 1.165) is 11.1 Å². The Bertz CT molecular complexity index is 1310. The summed E-state index contributed by atoms with van der Waals surface area (Å²) in [5.41, 5.74) is 1.19. The number of amides is 1. The minimum atomic E-state index is -0.741. The van der Waals surface area contributed by atoms with Crippen LogP contribution in [-0.4, -0.2) is 32.8 Å². The Hall–Kier alpha value is -3.17. The summed E-state index contributed by atoms with van der Waals surface area (Å²) in [5, 5.41) is 17.6. The Morgan fingerprint density at radius 1 is 1.29 bits per heavy atom. The highest BCUT2D eigenvalue weighted by atomic mass is 35.5. The molecule has 3 saturated carbocycles. The van der Waals surface area contributed by atoms with Gasteiger partial charge >= 0.3 is 0 Å². The lowest BCUT2D eigenvalue weighted by molar-refractivity contribution is -0.150. The van der Waals surface area contributed by atoms with E-state index in [0.29, 0.717) is 42.5 Å². The molecular weight excluding hydrogens is 477 g/mol. The number of aromatic nitrogens is 2. The molecule has 3 aromatic rings. The monoisotopic (exact) mass is 499 g/mol. The van der Waals surface area contributed by atoms with E-state index in [1.807, 2.05) is 19.1 Å². The first-order valence-corrected chi connectivity index (χ1v) is 11.8. The molecule has 2 aromatic carbocycles. The molecular formula is C25H23ClFN3O5. The highest BCUT2D eigenvalue weighted by Gasteiger charge is 2.72. The highest BCUT2D eigenvalue weighted by molar-refractivity contribution is 6.30. The molecule has 0 unspecified atom stereocenters. The number of hydrogen-bond donors (Lipinski definition) is 2. The first-order chi connectivity index (χ1) is 16.7. The van der Waals surface area contributed by atoms with Gasteiger partial charge in [0, 0.05) is 23.6 Å². The zero-order chi connectivity index (χ0) is 24.4. The minimum absolute atomic E-state index is 0.0231. The molecule has 182 valence electrons. The van der Waals surface area contributed by atoms with Crippen LogP contribution in [0.5, 0.6) is 11.5 Å². The Morgan fingerprint density at radius 2 is 2.09 bits per heavy atom. The third-order valence-corrected chi connectivity index (χ3v) is 7.43. The van der Waals surface area contributed by atoms with E-state index >= 15 is 0 Å². The van der Waals surface area contributed by atoms with Gasteiger partial charge < -0.3 is 24.4 Å². The molecule has 0 spiro atoms. The molecule has 10 heteroatoms. The van der Waals surface area contributed by atoms with Gasteiger partial charge in [-0.25, -0.2) is 4.39 Å². The van der Waals surface area contributed by atoms with E-state index < -0.39 is 18.0 Å². The molecule has 2 N–H and O–H groups in total. The number of aliphatic hydroxyl groups excluding tert-OH is 1. The molecule has 2 bridgehead atoms. The second kappa shape index (κ2) is 7.93. The number of rotatable bonds is 6. The van der Waals surface area contributed by atoms with Crippen molar-refractivity contribution in [2.45, 2.75) is 62.4 Å². The van der Waals surface area contributed by atoms with Crippen LogP contribution >= 0.6 is 11.6 Å². The standard InChI is InChI=1S/C25H23ClFN3O5/c1-13-2-5-19-15(6-13)18(31)8-20(34-19)22(32)29-25-10-24(11-25,12-25)23-28-21(30-35-23)9-33-14-3-4-16(26)17(27)7-14/h2-7,18,20,31H,8-12H2,1H3,(H,29,32)/t18-,20-,24?,25?/m1/s1. The van der Waals surface area contributed by atoms with E-state index in [2.05, 4.69) is 15.5 Å². The normalized spacial score (nSPS) is 28.2. The summed E-state index contributed by atoms with van der Waals surface area (Å²) in [5.74, 6) is 0.952. The summed E-state index contributed by atoms with van der Waals surface area (Å²) < 4.78 is 30.4. The summed E-state index contributed by atoms with van der Waals surface area (Å²) in [6.07, 6.45) is 0.825. The van der Waals surface area contributed by atoms with Crippen molar-refractivity contribution in [3.8, 4) is 11.5 Å². The maximum Gasteiger partial charge on any atom is 0.261 e. The quantitative estimate of drug-likeness (QED) is 0.529. The Labute approximate surface area is 205 Å². The van der Waals surface area contributed by atoms with Crippen LogP contribution < -0.4 is 14.8 Å². The smallest absolute Gasteiger partial charge is 0.261 e. The van der Waals surface area contributed by atoms with Crippen LogP contribution in [0.2, 0.25) is 5.02 Å². The molecule has 1 amide bonds. The van der Waals surface area contributed by atoms with Gasteiger partial charge in [-0.1, -0.05) is 28.4 Å². The number of hydrogen-bond acceptors (Lipinski definition) is 7. The number of aryl methyl sites for hydroxylation is 1. The molecule has 8 nitrogen and oxygen atoms in total. The number of carbonyl (C=O) groups is 1. The lowest BCUT2D eigenvalue weighted by Crippen LogP contribution is -2.77. The number of halogens is 2. The second-order valence-corrected chi connectivity index (χ2v) is 10.3. The fourth-order valence-corrected chi connectivity index (χ4v) is 5.58. The van der Waals surface area contributed by atoms with E-state index in [9.17, 15) is 14.3 Å². The van der Waals surface area contributed by atoms with Crippen molar-refractivity contribution in [1.29, 1.82) is 0 Å². The van der Waals surface area contributed by atoms with E-state index in [1.165, 1.54) is 12.1 Å². The lowest BCUT2D eigenvalue weighted by atomic mass is 9.39. The van der Waals surface area contributed by atoms with Gasteiger partial charge in [0.05, 0.1) is 16.5 Å². The van der Waals surface area contributed by atoms with Gasteiger partial charge in [-0.3, -0.25) is 4.79 Å². The predicted molar refractivity (Wildman–Crippen MR) is 122 cm³/mol. The van der Waals surface area contributed by atoms with Crippen LogP contribution in [0, 0.1) is 12.7 Å². The molecule has 4 aliphatic rings. The summed E-state index contributed by atoms with van der Waals surface area (Å²) in [6.45, 7) is 1.98. The van der Waals surface area contributed by atoms with Crippen molar-refractivity contribution in [2.75, 3.05) is 0 Å². The first-order valence-electron chi connectivity index (χ1n) is 11.4. The summed E-state index contributed by atoms with van der Waals surface area (Å²) in [7, 11) is 0. The van der Waals surface area contributed by atoms with Crippen LogP contribution in [0.1, 0.15) is 54.6 Å². The van der Waals surface area contributed by atoms with Crippen LogP contribution in [0.25, 0.3) is 0 Å². The van der Waals surface area contributed by atoms with Crippen molar-refractivity contribution in [1.82, 2.24) is 15.5 Å². The van der Waals surface area contributed by atoms with E-state index in [-0.39, 0.29) is 34.9 Å². The molecule has 2 atom stereocenters. The molecule has 3 fully saturated rings. The van der Waals surface area contributed by atoms with Crippen LogP contribution in [0.4, 0.5) is 4.39 Å². The van der Waals surface area contributed by atoms with Crippen molar-refractivity contribution in [2.24, 2.45) is 0 Å². The number of carbonyl (C=O) groups excluding carboxylic acids is 1. The van der Waals surface area contributed by atoms with Crippen molar-refractivity contribution in [3.05, 3.63) is 70.1 Å².